The maximum absolute atomic E-state index is 12.7. The molecule has 1 aromatic heterocycles. The number of rotatable bonds is 3. The van der Waals surface area contributed by atoms with Crippen molar-refractivity contribution in [2.24, 2.45) is 5.73 Å². The van der Waals surface area contributed by atoms with Gasteiger partial charge in [0, 0.05) is 32.7 Å². The summed E-state index contributed by atoms with van der Waals surface area (Å²) in [7, 11) is 0. The van der Waals surface area contributed by atoms with Crippen LogP contribution in [0.3, 0.4) is 0 Å². The third-order valence-corrected chi connectivity index (χ3v) is 2.92. The van der Waals surface area contributed by atoms with Gasteiger partial charge in [0.1, 0.15) is 0 Å². The molecule has 1 saturated heterocycles. The highest BCUT2D eigenvalue weighted by atomic mass is 19.1. The molecule has 1 aliphatic heterocycles. The first-order valence-corrected chi connectivity index (χ1v) is 5.94. The third kappa shape index (κ3) is 3.34. The molecule has 2 heterocycles. The molecule has 0 bridgehead atoms. The number of anilines is 1. The SMILES string of the molecule is NCCN1CCCN(c2ncc(F)cn2)CC1. The lowest BCUT2D eigenvalue weighted by atomic mass is 10.4. The minimum Gasteiger partial charge on any atom is -0.339 e. The summed E-state index contributed by atoms with van der Waals surface area (Å²) in [6.45, 7) is 5.40. The summed E-state index contributed by atoms with van der Waals surface area (Å²) >= 11 is 0. The topological polar surface area (TPSA) is 58.3 Å². The summed E-state index contributed by atoms with van der Waals surface area (Å²) in [5.41, 5.74) is 5.55. The Labute approximate surface area is 100 Å². The molecule has 0 amide bonds. The first-order valence-electron chi connectivity index (χ1n) is 5.94. The summed E-state index contributed by atoms with van der Waals surface area (Å²) in [5.74, 6) is 0.217. The molecule has 17 heavy (non-hydrogen) atoms. The Morgan fingerprint density at radius 2 is 1.94 bits per heavy atom. The smallest absolute Gasteiger partial charge is 0.225 e. The van der Waals surface area contributed by atoms with Gasteiger partial charge in [-0.25, -0.2) is 14.4 Å². The Hall–Kier alpha value is -1.27. The molecule has 1 fully saturated rings. The van der Waals surface area contributed by atoms with Gasteiger partial charge < -0.3 is 15.5 Å². The van der Waals surface area contributed by atoms with Gasteiger partial charge in [-0.3, -0.25) is 0 Å². The maximum Gasteiger partial charge on any atom is 0.225 e. The second-order valence-corrected chi connectivity index (χ2v) is 4.17. The van der Waals surface area contributed by atoms with Gasteiger partial charge in [0.15, 0.2) is 5.82 Å². The quantitative estimate of drug-likeness (QED) is 0.810. The van der Waals surface area contributed by atoms with Crippen LogP contribution < -0.4 is 10.6 Å². The van der Waals surface area contributed by atoms with Crippen LogP contribution in [0.1, 0.15) is 6.42 Å². The van der Waals surface area contributed by atoms with E-state index in [4.69, 9.17) is 5.73 Å². The van der Waals surface area contributed by atoms with Crippen molar-refractivity contribution in [1.29, 1.82) is 0 Å². The molecule has 0 aromatic carbocycles. The van der Waals surface area contributed by atoms with Gasteiger partial charge in [0.05, 0.1) is 12.4 Å². The van der Waals surface area contributed by atoms with Crippen LogP contribution in [0.2, 0.25) is 0 Å². The van der Waals surface area contributed by atoms with Crippen LogP contribution >= 0.6 is 0 Å². The minimum absolute atomic E-state index is 0.395. The molecule has 1 aliphatic rings. The van der Waals surface area contributed by atoms with E-state index in [1.165, 1.54) is 12.4 Å². The monoisotopic (exact) mass is 239 g/mol. The predicted octanol–water partition coefficient (Wildman–Crippen LogP) is 0.0865. The molecule has 2 rings (SSSR count). The van der Waals surface area contributed by atoms with Gasteiger partial charge in [0.25, 0.3) is 0 Å². The van der Waals surface area contributed by atoms with E-state index in [1.54, 1.807) is 0 Å². The summed E-state index contributed by atoms with van der Waals surface area (Å²) in [6, 6.07) is 0. The lowest BCUT2D eigenvalue weighted by Gasteiger charge is -2.21. The molecule has 0 unspecified atom stereocenters. The molecule has 2 N–H and O–H groups in total. The Bertz CT molecular complexity index is 342. The zero-order valence-corrected chi connectivity index (χ0v) is 9.85. The van der Waals surface area contributed by atoms with E-state index in [9.17, 15) is 4.39 Å². The van der Waals surface area contributed by atoms with E-state index in [1.807, 2.05) is 0 Å². The Morgan fingerprint density at radius 1 is 1.18 bits per heavy atom. The van der Waals surface area contributed by atoms with E-state index in [-0.39, 0.29) is 0 Å². The Balaban J connectivity index is 1.96. The fraction of sp³-hybridized carbons (Fsp3) is 0.636. The molecular weight excluding hydrogens is 221 g/mol. The molecule has 0 atom stereocenters. The maximum atomic E-state index is 12.7. The van der Waals surface area contributed by atoms with E-state index >= 15 is 0 Å². The zero-order valence-electron chi connectivity index (χ0n) is 9.85. The number of nitrogens with two attached hydrogens (primary N) is 1. The standard InChI is InChI=1S/C11H18FN5/c12-10-8-14-11(15-9-10)17-4-1-3-16(5-2-13)6-7-17/h8-9H,1-7,13H2. The van der Waals surface area contributed by atoms with Gasteiger partial charge in [-0.15, -0.1) is 0 Å². The molecule has 94 valence electrons. The van der Waals surface area contributed by atoms with Crippen LogP contribution in [0.15, 0.2) is 12.4 Å². The van der Waals surface area contributed by atoms with Gasteiger partial charge in [0.2, 0.25) is 5.95 Å². The van der Waals surface area contributed by atoms with Crippen LogP contribution in [0.25, 0.3) is 0 Å². The van der Waals surface area contributed by atoms with Gasteiger partial charge in [-0.1, -0.05) is 0 Å². The minimum atomic E-state index is -0.395. The molecular formula is C11H18FN5. The Kier molecular flexibility index (Phi) is 4.22. The van der Waals surface area contributed by atoms with E-state index in [0.29, 0.717) is 12.5 Å². The molecule has 0 radical (unpaired) electrons. The fourth-order valence-electron chi connectivity index (χ4n) is 2.05. The normalized spacial score (nSPS) is 18.1. The van der Waals surface area contributed by atoms with Crippen LogP contribution in [0.4, 0.5) is 10.3 Å². The van der Waals surface area contributed by atoms with Gasteiger partial charge in [-0.05, 0) is 13.0 Å². The van der Waals surface area contributed by atoms with Crippen molar-refractivity contribution in [3.05, 3.63) is 18.2 Å². The highest BCUT2D eigenvalue weighted by Gasteiger charge is 2.16. The van der Waals surface area contributed by atoms with Crippen molar-refractivity contribution in [3.8, 4) is 0 Å². The highest BCUT2D eigenvalue weighted by Crippen LogP contribution is 2.10. The molecule has 6 heteroatoms. The van der Waals surface area contributed by atoms with Crippen molar-refractivity contribution in [2.75, 3.05) is 44.2 Å². The summed E-state index contributed by atoms with van der Waals surface area (Å²) in [6.07, 6.45) is 3.48. The average Bonchev–Trinajstić information content (AvgIpc) is 2.56. The summed E-state index contributed by atoms with van der Waals surface area (Å²) in [5, 5.41) is 0. The molecule has 5 nitrogen and oxygen atoms in total. The van der Waals surface area contributed by atoms with Crippen LogP contribution in [-0.4, -0.2) is 54.1 Å². The first-order chi connectivity index (χ1) is 8.29. The van der Waals surface area contributed by atoms with E-state index in [2.05, 4.69) is 19.8 Å². The predicted molar refractivity (Wildman–Crippen MR) is 64.3 cm³/mol. The average molecular weight is 239 g/mol. The molecule has 0 aliphatic carbocycles. The number of aromatic nitrogens is 2. The van der Waals surface area contributed by atoms with Crippen molar-refractivity contribution in [3.63, 3.8) is 0 Å². The Morgan fingerprint density at radius 3 is 2.65 bits per heavy atom. The summed E-state index contributed by atoms with van der Waals surface area (Å²) < 4.78 is 12.7. The van der Waals surface area contributed by atoms with Gasteiger partial charge in [-0.2, -0.15) is 0 Å². The fourth-order valence-corrected chi connectivity index (χ4v) is 2.05. The second-order valence-electron chi connectivity index (χ2n) is 4.17. The van der Waals surface area contributed by atoms with Crippen LogP contribution in [0.5, 0.6) is 0 Å². The summed E-state index contributed by atoms with van der Waals surface area (Å²) in [4.78, 5) is 12.5. The molecule has 0 spiro atoms. The van der Waals surface area contributed by atoms with E-state index in [0.717, 1.165) is 39.1 Å². The van der Waals surface area contributed by atoms with Crippen molar-refractivity contribution >= 4 is 5.95 Å². The number of hydrogen-bond acceptors (Lipinski definition) is 5. The van der Waals surface area contributed by atoms with Crippen molar-refractivity contribution in [1.82, 2.24) is 14.9 Å². The third-order valence-electron chi connectivity index (χ3n) is 2.92. The molecule has 1 aromatic rings. The van der Waals surface area contributed by atoms with Crippen LogP contribution in [0, 0.1) is 5.82 Å². The van der Waals surface area contributed by atoms with Crippen molar-refractivity contribution in [2.45, 2.75) is 6.42 Å². The molecule has 0 saturated carbocycles. The first kappa shape index (κ1) is 12.2. The van der Waals surface area contributed by atoms with Crippen LogP contribution in [-0.2, 0) is 0 Å². The lowest BCUT2D eigenvalue weighted by Crippen LogP contribution is -2.34. The zero-order chi connectivity index (χ0) is 12.1. The number of halogens is 1. The van der Waals surface area contributed by atoms with E-state index < -0.39 is 5.82 Å². The number of hydrogen-bond donors (Lipinski definition) is 1. The largest absolute Gasteiger partial charge is 0.339 e. The second kappa shape index (κ2) is 5.88. The number of nitrogens with zero attached hydrogens (tertiary/aromatic N) is 4. The lowest BCUT2D eigenvalue weighted by molar-refractivity contribution is 0.302. The highest BCUT2D eigenvalue weighted by molar-refractivity contribution is 5.28. The van der Waals surface area contributed by atoms with Crippen molar-refractivity contribution < 1.29 is 4.39 Å². The van der Waals surface area contributed by atoms with Gasteiger partial charge >= 0.3 is 0 Å².